The number of aliphatic imine (C=N–C) groups is 1. The second-order valence-electron chi connectivity index (χ2n) is 7.93. The molecule has 1 N–H and O–H groups in total. The highest BCUT2D eigenvalue weighted by Gasteiger charge is 2.38. The van der Waals surface area contributed by atoms with Crippen LogP contribution in [0.3, 0.4) is 0 Å². The SMILES string of the molecule is CCCCSP(O)(=S)COC1=NC(C)(C)CC1c1c(C)cc(C)cc1C. The van der Waals surface area contributed by atoms with E-state index in [0.29, 0.717) is 0 Å². The summed E-state index contributed by atoms with van der Waals surface area (Å²) < 4.78 is 6.07. The highest BCUT2D eigenvalue weighted by Crippen LogP contribution is 2.55. The van der Waals surface area contributed by atoms with Crippen LogP contribution in [0.5, 0.6) is 0 Å². The molecule has 1 aliphatic rings. The van der Waals surface area contributed by atoms with Crippen molar-refractivity contribution in [3.63, 3.8) is 0 Å². The average molecular weight is 414 g/mol. The molecule has 0 amide bonds. The summed E-state index contributed by atoms with van der Waals surface area (Å²) in [6.07, 6.45) is 3.30. The molecule has 1 aliphatic heterocycles. The first-order chi connectivity index (χ1) is 12.0. The first-order valence-electron chi connectivity index (χ1n) is 9.31. The largest absolute Gasteiger partial charge is 0.472 e. The number of hydrogen-bond acceptors (Lipinski definition) is 4. The standard InChI is InChI=1S/C20H32NO2PS2/c1-7-8-9-26-24(22,25)13-23-19-17(12-20(5,6)21-19)18-15(3)10-14(2)11-16(18)4/h10-11,17H,7-9,12-13H2,1-6H3,(H,22,25). The lowest BCUT2D eigenvalue weighted by atomic mass is 9.84. The van der Waals surface area contributed by atoms with E-state index in [9.17, 15) is 4.89 Å². The van der Waals surface area contributed by atoms with Gasteiger partial charge in [0.15, 0.2) is 11.4 Å². The molecule has 2 rings (SSSR count). The topological polar surface area (TPSA) is 41.8 Å². The molecule has 0 radical (unpaired) electrons. The quantitative estimate of drug-likeness (QED) is 0.434. The van der Waals surface area contributed by atoms with Crippen LogP contribution in [0.25, 0.3) is 0 Å². The fourth-order valence-electron chi connectivity index (χ4n) is 3.64. The van der Waals surface area contributed by atoms with Gasteiger partial charge in [-0.05, 0) is 64.2 Å². The number of rotatable bonds is 7. The van der Waals surface area contributed by atoms with Crippen LogP contribution in [0, 0.1) is 20.8 Å². The Labute approximate surface area is 167 Å². The molecule has 0 fully saturated rings. The van der Waals surface area contributed by atoms with Crippen molar-refractivity contribution in [3.8, 4) is 0 Å². The van der Waals surface area contributed by atoms with Crippen molar-refractivity contribution in [3.05, 3.63) is 34.4 Å². The molecule has 1 aromatic carbocycles. The van der Waals surface area contributed by atoms with Crippen molar-refractivity contribution in [2.75, 3.05) is 12.1 Å². The first kappa shape index (κ1) is 21.9. The van der Waals surface area contributed by atoms with Crippen LogP contribution in [0.2, 0.25) is 0 Å². The van der Waals surface area contributed by atoms with E-state index in [1.165, 1.54) is 33.6 Å². The molecular formula is C20H32NO2PS2. The minimum atomic E-state index is -2.52. The van der Waals surface area contributed by atoms with Crippen LogP contribution in [0.15, 0.2) is 17.1 Å². The minimum absolute atomic E-state index is 0.140. The van der Waals surface area contributed by atoms with Gasteiger partial charge in [-0.2, -0.15) is 0 Å². The van der Waals surface area contributed by atoms with Crippen LogP contribution < -0.4 is 0 Å². The minimum Gasteiger partial charge on any atom is -0.472 e. The lowest BCUT2D eigenvalue weighted by molar-refractivity contribution is 0.352. The molecule has 146 valence electrons. The Morgan fingerprint density at radius 3 is 2.50 bits per heavy atom. The zero-order valence-electron chi connectivity index (χ0n) is 16.8. The van der Waals surface area contributed by atoms with E-state index < -0.39 is 5.47 Å². The maximum absolute atomic E-state index is 10.5. The monoisotopic (exact) mass is 413 g/mol. The Kier molecular flexibility index (Phi) is 7.40. The summed E-state index contributed by atoms with van der Waals surface area (Å²) in [5.41, 5.74) is 2.47. The lowest BCUT2D eigenvalue weighted by Gasteiger charge is -2.22. The normalized spacial score (nSPS) is 21.3. The van der Waals surface area contributed by atoms with Crippen molar-refractivity contribution in [1.29, 1.82) is 0 Å². The number of benzene rings is 1. The Morgan fingerprint density at radius 2 is 1.92 bits per heavy atom. The summed E-state index contributed by atoms with van der Waals surface area (Å²) in [6.45, 7) is 12.9. The zero-order chi connectivity index (χ0) is 19.5. The van der Waals surface area contributed by atoms with Crippen molar-refractivity contribution < 1.29 is 9.63 Å². The molecule has 0 saturated heterocycles. The Bertz CT molecular complexity index is 708. The van der Waals surface area contributed by atoms with Gasteiger partial charge in [-0.3, -0.25) is 0 Å². The maximum atomic E-state index is 10.5. The zero-order valence-corrected chi connectivity index (χ0v) is 19.4. The molecule has 2 atom stereocenters. The molecule has 1 aromatic rings. The lowest BCUT2D eigenvalue weighted by Crippen LogP contribution is -2.17. The number of unbranched alkanes of at least 4 members (excludes halogenated alkanes) is 1. The fraction of sp³-hybridized carbons (Fsp3) is 0.650. The third-order valence-corrected chi connectivity index (χ3v) is 9.34. The van der Waals surface area contributed by atoms with Gasteiger partial charge in [0.05, 0.1) is 11.5 Å². The van der Waals surface area contributed by atoms with Crippen LogP contribution in [-0.4, -0.2) is 28.4 Å². The van der Waals surface area contributed by atoms with Crippen molar-refractivity contribution >= 4 is 34.6 Å². The summed E-state index contributed by atoms with van der Waals surface area (Å²) in [5.74, 6) is 1.77. The van der Waals surface area contributed by atoms with E-state index in [0.717, 1.165) is 30.9 Å². The van der Waals surface area contributed by atoms with E-state index >= 15 is 0 Å². The van der Waals surface area contributed by atoms with Crippen LogP contribution >= 0.6 is 16.8 Å². The number of hydrogen-bond donors (Lipinski definition) is 1. The highest BCUT2D eigenvalue weighted by atomic mass is 32.9. The van der Waals surface area contributed by atoms with Crippen LogP contribution in [-0.2, 0) is 16.5 Å². The first-order valence-corrected chi connectivity index (χ1v) is 13.8. The molecule has 0 spiro atoms. The second-order valence-corrected chi connectivity index (χ2v) is 15.2. The molecule has 0 saturated carbocycles. The highest BCUT2D eigenvalue weighted by molar-refractivity contribution is 8.69. The number of nitrogens with zero attached hydrogens (tertiary/aromatic N) is 1. The summed E-state index contributed by atoms with van der Waals surface area (Å²) in [4.78, 5) is 15.4. The summed E-state index contributed by atoms with van der Waals surface area (Å²) in [6, 6.07) is 4.45. The van der Waals surface area contributed by atoms with E-state index in [1.807, 2.05) is 0 Å². The fourth-order valence-corrected chi connectivity index (χ4v) is 7.17. The van der Waals surface area contributed by atoms with E-state index in [1.54, 1.807) is 0 Å². The summed E-state index contributed by atoms with van der Waals surface area (Å²) in [7, 11) is 0. The maximum Gasteiger partial charge on any atom is 0.192 e. The van der Waals surface area contributed by atoms with Crippen LogP contribution in [0.1, 0.15) is 68.2 Å². The van der Waals surface area contributed by atoms with Crippen molar-refractivity contribution in [2.45, 2.75) is 72.3 Å². The van der Waals surface area contributed by atoms with Gasteiger partial charge in [-0.25, -0.2) is 4.99 Å². The predicted octanol–water partition coefficient (Wildman–Crippen LogP) is 6.09. The summed E-state index contributed by atoms with van der Waals surface area (Å²) in [5, 5.41) is 0. The average Bonchev–Trinajstić information content (AvgIpc) is 2.79. The Balaban J connectivity index is 2.19. The van der Waals surface area contributed by atoms with Gasteiger partial charge >= 0.3 is 0 Å². The molecule has 26 heavy (non-hydrogen) atoms. The number of aryl methyl sites for hydroxylation is 3. The van der Waals surface area contributed by atoms with E-state index in [2.05, 4.69) is 53.7 Å². The molecule has 0 bridgehead atoms. The van der Waals surface area contributed by atoms with Crippen molar-refractivity contribution in [2.24, 2.45) is 4.99 Å². The third kappa shape index (κ3) is 5.82. The van der Waals surface area contributed by atoms with Crippen LogP contribution in [0.4, 0.5) is 0 Å². The Hall–Kier alpha value is -0.350. The molecule has 6 heteroatoms. The molecule has 2 unspecified atom stereocenters. The van der Waals surface area contributed by atoms with Gasteiger partial charge in [0.2, 0.25) is 0 Å². The second kappa shape index (κ2) is 8.77. The molecular weight excluding hydrogens is 381 g/mol. The van der Waals surface area contributed by atoms with Gasteiger partial charge in [0.25, 0.3) is 0 Å². The molecule has 1 heterocycles. The summed E-state index contributed by atoms with van der Waals surface area (Å²) >= 11 is 6.92. The van der Waals surface area contributed by atoms with Gasteiger partial charge < -0.3 is 9.63 Å². The molecule has 0 aromatic heterocycles. The number of ether oxygens (including phenoxy) is 1. The smallest absolute Gasteiger partial charge is 0.192 e. The predicted molar refractivity (Wildman–Crippen MR) is 119 cm³/mol. The van der Waals surface area contributed by atoms with Gasteiger partial charge in [0.1, 0.15) is 6.35 Å². The third-order valence-electron chi connectivity index (χ3n) is 4.67. The van der Waals surface area contributed by atoms with Crippen molar-refractivity contribution in [1.82, 2.24) is 0 Å². The molecule has 0 aliphatic carbocycles. The van der Waals surface area contributed by atoms with Gasteiger partial charge in [0, 0.05) is 5.75 Å². The molecule has 3 nitrogen and oxygen atoms in total. The van der Waals surface area contributed by atoms with E-state index in [4.69, 9.17) is 21.5 Å². The van der Waals surface area contributed by atoms with E-state index in [-0.39, 0.29) is 17.8 Å². The Morgan fingerprint density at radius 1 is 1.31 bits per heavy atom. The van der Waals surface area contributed by atoms with Gasteiger partial charge in [-0.15, -0.1) is 0 Å². The van der Waals surface area contributed by atoms with Gasteiger partial charge in [-0.1, -0.05) is 54.2 Å².